The number of aromatic nitrogens is 2. The molecule has 0 aliphatic carbocycles. The first-order valence-electron chi connectivity index (χ1n) is 7.11. The Morgan fingerprint density at radius 3 is 2.81 bits per heavy atom. The fourth-order valence-electron chi connectivity index (χ4n) is 2.50. The van der Waals surface area contributed by atoms with Gasteiger partial charge in [0.25, 0.3) is 0 Å². The maximum atomic E-state index is 11.0. The number of nitro groups is 1. The fraction of sp³-hybridized carbons (Fsp3) is 0.667. The van der Waals surface area contributed by atoms with Gasteiger partial charge in [0.15, 0.2) is 0 Å². The van der Waals surface area contributed by atoms with Crippen LogP contribution in [0.25, 0.3) is 0 Å². The van der Waals surface area contributed by atoms with Crippen LogP contribution in [-0.4, -0.2) is 45.5 Å². The Morgan fingerprint density at radius 1 is 1.52 bits per heavy atom. The van der Waals surface area contributed by atoms with E-state index in [-0.39, 0.29) is 23.5 Å². The number of hydrazine groups is 1. The average molecular weight is 295 g/mol. The van der Waals surface area contributed by atoms with Gasteiger partial charge in [-0.15, -0.1) is 0 Å². The third kappa shape index (κ3) is 3.99. The van der Waals surface area contributed by atoms with Gasteiger partial charge in [0, 0.05) is 19.1 Å². The van der Waals surface area contributed by atoms with Crippen LogP contribution in [0, 0.1) is 10.1 Å². The highest BCUT2D eigenvalue weighted by molar-refractivity contribution is 5.57. The van der Waals surface area contributed by atoms with Gasteiger partial charge in [-0.3, -0.25) is 15.5 Å². The third-order valence-electron chi connectivity index (χ3n) is 3.56. The summed E-state index contributed by atoms with van der Waals surface area (Å²) >= 11 is 0. The number of anilines is 2. The average Bonchev–Trinajstić information content (AvgIpc) is 2.49. The number of piperidine rings is 1. The molecule has 0 atom stereocenters. The van der Waals surface area contributed by atoms with Crippen molar-refractivity contribution in [2.45, 2.75) is 32.2 Å². The van der Waals surface area contributed by atoms with Crippen LogP contribution in [0.3, 0.4) is 0 Å². The van der Waals surface area contributed by atoms with Gasteiger partial charge in [-0.2, -0.15) is 4.98 Å². The van der Waals surface area contributed by atoms with Crippen molar-refractivity contribution in [1.29, 1.82) is 0 Å². The molecule has 1 aliphatic rings. The van der Waals surface area contributed by atoms with E-state index in [1.165, 1.54) is 0 Å². The molecule has 0 aromatic carbocycles. The molecule has 0 unspecified atom stereocenters. The molecule has 2 heterocycles. The minimum Gasteiger partial charge on any atom is -0.361 e. The van der Waals surface area contributed by atoms with Gasteiger partial charge in [0.1, 0.15) is 6.20 Å². The van der Waals surface area contributed by atoms with Crippen LogP contribution >= 0.6 is 0 Å². The molecule has 1 aliphatic heterocycles. The summed E-state index contributed by atoms with van der Waals surface area (Å²) in [5, 5.41) is 14.2. The Kier molecular flexibility index (Phi) is 5.23. The second kappa shape index (κ2) is 7.14. The summed E-state index contributed by atoms with van der Waals surface area (Å²) < 4.78 is 0. The highest BCUT2D eigenvalue weighted by Crippen LogP contribution is 2.24. The van der Waals surface area contributed by atoms with Gasteiger partial charge >= 0.3 is 5.69 Å². The lowest BCUT2D eigenvalue weighted by Gasteiger charge is -2.32. The van der Waals surface area contributed by atoms with Crippen molar-refractivity contribution in [3.63, 3.8) is 0 Å². The number of nitrogen functional groups attached to an aromatic ring is 1. The summed E-state index contributed by atoms with van der Waals surface area (Å²) in [5.74, 6) is 5.63. The lowest BCUT2D eigenvalue weighted by atomic mass is 10.0. The molecule has 1 aromatic rings. The first-order valence-corrected chi connectivity index (χ1v) is 7.11. The molecule has 116 valence electrons. The quantitative estimate of drug-likeness (QED) is 0.403. The number of rotatable bonds is 6. The van der Waals surface area contributed by atoms with Crippen molar-refractivity contribution in [2.24, 2.45) is 5.84 Å². The molecular weight excluding hydrogens is 274 g/mol. The van der Waals surface area contributed by atoms with Crippen molar-refractivity contribution >= 4 is 17.5 Å². The van der Waals surface area contributed by atoms with Crippen molar-refractivity contribution in [1.82, 2.24) is 14.9 Å². The topological polar surface area (TPSA) is 122 Å². The summed E-state index contributed by atoms with van der Waals surface area (Å²) in [6, 6.07) is 0.178. The molecule has 4 N–H and O–H groups in total. The van der Waals surface area contributed by atoms with E-state index in [1.807, 2.05) is 0 Å². The number of nitrogens with zero attached hydrogens (tertiary/aromatic N) is 4. The molecule has 1 aromatic heterocycles. The van der Waals surface area contributed by atoms with E-state index in [0.29, 0.717) is 0 Å². The van der Waals surface area contributed by atoms with Gasteiger partial charge < -0.3 is 10.2 Å². The second-order valence-electron chi connectivity index (χ2n) is 5.09. The van der Waals surface area contributed by atoms with E-state index in [2.05, 4.69) is 32.5 Å². The Hall–Kier alpha value is -2.00. The molecule has 2 rings (SSSR count). The van der Waals surface area contributed by atoms with E-state index in [9.17, 15) is 10.1 Å². The molecule has 9 nitrogen and oxygen atoms in total. The molecule has 0 saturated carbocycles. The highest BCUT2D eigenvalue weighted by Gasteiger charge is 2.23. The molecule has 0 radical (unpaired) electrons. The molecule has 0 bridgehead atoms. The van der Waals surface area contributed by atoms with Crippen LogP contribution in [0.1, 0.15) is 26.2 Å². The largest absolute Gasteiger partial charge is 0.361 e. The maximum absolute atomic E-state index is 11.0. The Labute approximate surface area is 123 Å². The molecule has 21 heavy (non-hydrogen) atoms. The van der Waals surface area contributed by atoms with Crippen molar-refractivity contribution in [2.75, 3.05) is 30.4 Å². The first-order chi connectivity index (χ1) is 10.1. The summed E-state index contributed by atoms with van der Waals surface area (Å²) in [6.45, 7) is 5.25. The van der Waals surface area contributed by atoms with Crippen LogP contribution in [0.5, 0.6) is 0 Å². The number of hydrogen-bond donors (Lipinski definition) is 3. The lowest BCUT2D eigenvalue weighted by Crippen LogP contribution is -2.39. The van der Waals surface area contributed by atoms with Crippen molar-refractivity contribution < 1.29 is 4.92 Å². The normalized spacial score (nSPS) is 16.7. The van der Waals surface area contributed by atoms with Crippen LogP contribution in [0.4, 0.5) is 17.5 Å². The molecule has 0 spiro atoms. The van der Waals surface area contributed by atoms with E-state index in [1.54, 1.807) is 0 Å². The second-order valence-corrected chi connectivity index (χ2v) is 5.09. The SMILES string of the molecule is CCCN1CCC(Nc2nc(NN)ncc2[N+](=O)[O-])CC1. The van der Waals surface area contributed by atoms with Crippen LogP contribution in [0.2, 0.25) is 0 Å². The zero-order valence-electron chi connectivity index (χ0n) is 12.1. The lowest BCUT2D eigenvalue weighted by molar-refractivity contribution is -0.384. The summed E-state index contributed by atoms with van der Waals surface area (Å²) in [7, 11) is 0. The third-order valence-corrected chi connectivity index (χ3v) is 3.56. The summed E-state index contributed by atoms with van der Waals surface area (Å²) in [6.07, 6.45) is 4.18. The predicted octanol–water partition coefficient (Wildman–Crippen LogP) is 0.957. The first kappa shape index (κ1) is 15.4. The maximum Gasteiger partial charge on any atom is 0.329 e. The summed E-state index contributed by atoms with van der Waals surface area (Å²) in [4.78, 5) is 20.8. The number of likely N-dealkylation sites (tertiary alicyclic amines) is 1. The zero-order chi connectivity index (χ0) is 15.2. The van der Waals surface area contributed by atoms with Crippen LogP contribution < -0.4 is 16.6 Å². The number of nitrogens with two attached hydrogens (primary N) is 1. The van der Waals surface area contributed by atoms with Crippen LogP contribution in [0.15, 0.2) is 6.20 Å². The molecule has 1 fully saturated rings. The minimum atomic E-state index is -0.491. The molecule has 9 heteroatoms. The van der Waals surface area contributed by atoms with Gasteiger partial charge in [0.05, 0.1) is 4.92 Å². The van der Waals surface area contributed by atoms with Crippen molar-refractivity contribution in [3.8, 4) is 0 Å². The van der Waals surface area contributed by atoms with E-state index in [4.69, 9.17) is 5.84 Å². The van der Waals surface area contributed by atoms with Crippen LogP contribution in [-0.2, 0) is 0 Å². The summed E-state index contributed by atoms with van der Waals surface area (Å²) in [5.41, 5.74) is 2.17. The van der Waals surface area contributed by atoms with E-state index < -0.39 is 4.92 Å². The van der Waals surface area contributed by atoms with Gasteiger partial charge in [-0.05, 0) is 25.8 Å². The van der Waals surface area contributed by atoms with E-state index >= 15 is 0 Å². The van der Waals surface area contributed by atoms with Gasteiger partial charge in [-0.25, -0.2) is 10.8 Å². The highest BCUT2D eigenvalue weighted by atomic mass is 16.6. The zero-order valence-corrected chi connectivity index (χ0v) is 12.1. The number of hydrogen-bond acceptors (Lipinski definition) is 8. The van der Waals surface area contributed by atoms with Crippen molar-refractivity contribution in [3.05, 3.63) is 16.3 Å². The molecular formula is C12H21N7O2. The molecule has 1 saturated heterocycles. The predicted molar refractivity (Wildman–Crippen MR) is 79.9 cm³/mol. The minimum absolute atomic E-state index is 0.134. The Balaban J connectivity index is 2.03. The van der Waals surface area contributed by atoms with Gasteiger partial charge in [-0.1, -0.05) is 6.92 Å². The monoisotopic (exact) mass is 295 g/mol. The smallest absolute Gasteiger partial charge is 0.329 e. The fourth-order valence-corrected chi connectivity index (χ4v) is 2.50. The Bertz CT molecular complexity index is 488. The standard InChI is InChI=1S/C12H21N7O2/c1-2-5-18-6-3-9(4-7-18)15-11-10(19(20)21)8-14-12(16-11)17-13/h8-9H,2-7,13H2,1H3,(H2,14,15,16,17). The number of nitrogens with one attached hydrogen (secondary N) is 2. The van der Waals surface area contributed by atoms with E-state index in [0.717, 1.165) is 45.1 Å². The Morgan fingerprint density at radius 2 is 2.24 bits per heavy atom. The van der Waals surface area contributed by atoms with Gasteiger partial charge in [0.2, 0.25) is 11.8 Å². The molecule has 0 amide bonds.